The number of rotatable bonds is 6. The van der Waals surface area contributed by atoms with Crippen molar-refractivity contribution in [3.05, 3.63) is 47.8 Å². The van der Waals surface area contributed by atoms with Gasteiger partial charge in [-0.25, -0.2) is 9.37 Å². The van der Waals surface area contributed by atoms with Crippen LogP contribution in [0.25, 0.3) is 33.5 Å². The van der Waals surface area contributed by atoms with E-state index in [1.54, 1.807) is 4.90 Å². The van der Waals surface area contributed by atoms with Crippen LogP contribution in [0.4, 0.5) is 4.39 Å². The lowest BCUT2D eigenvalue weighted by atomic mass is 9.97. The monoisotopic (exact) mass is 446 g/mol. The van der Waals surface area contributed by atoms with E-state index < -0.39 is 12.7 Å². The number of alkyl halides is 1. The van der Waals surface area contributed by atoms with Gasteiger partial charge in [-0.2, -0.15) is 0 Å². The predicted octanol–water partition coefficient (Wildman–Crippen LogP) is 3.30. The van der Waals surface area contributed by atoms with E-state index in [1.807, 2.05) is 31.6 Å². The standard InChI is InChI=1S/C25H27FN6O/c1-30-21-8-16-5-7-31(14-18(27)11-26)25(33)19(16)10-20(21)29-24(30)22-9-17-4-6-28-12-23(17)32(22)13-15-2-3-15/h4,6,8-10,12,15,18H,2-3,5,7,11,13-14,27H2,1H3/t18-/m1/s1. The third-order valence-electron chi connectivity index (χ3n) is 7.00. The number of pyridine rings is 1. The van der Waals surface area contributed by atoms with E-state index in [2.05, 4.69) is 26.3 Å². The molecule has 0 bridgehead atoms. The van der Waals surface area contributed by atoms with Crippen molar-refractivity contribution in [2.75, 3.05) is 19.8 Å². The van der Waals surface area contributed by atoms with Crippen LogP contribution >= 0.6 is 0 Å². The van der Waals surface area contributed by atoms with E-state index in [1.165, 1.54) is 12.8 Å². The molecule has 0 unspecified atom stereocenters. The number of hydrogen-bond acceptors (Lipinski definition) is 4. The van der Waals surface area contributed by atoms with E-state index >= 15 is 0 Å². The molecule has 2 aliphatic rings. The second-order valence-electron chi connectivity index (χ2n) is 9.43. The van der Waals surface area contributed by atoms with Gasteiger partial charge in [0.15, 0.2) is 5.82 Å². The van der Waals surface area contributed by atoms with Crippen molar-refractivity contribution in [2.45, 2.75) is 31.8 Å². The first-order chi connectivity index (χ1) is 16.0. The molecule has 1 aliphatic carbocycles. The van der Waals surface area contributed by atoms with Gasteiger partial charge in [-0.05, 0) is 55.0 Å². The Bertz CT molecular complexity index is 1380. The highest BCUT2D eigenvalue weighted by Crippen LogP contribution is 2.36. The molecule has 1 fully saturated rings. The van der Waals surface area contributed by atoms with Crippen LogP contribution in [0.5, 0.6) is 0 Å². The number of carbonyl (C=O) groups is 1. The average Bonchev–Trinajstić information content (AvgIpc) is 3.50. The van der Waals surface area contributed by atoms with Crippen LogP contribution in [0, 0.1) is 5.92 Å². The molecule has 2 N–H and O–H groups in total. The lowest BCUT2D eigenvalue weighted by Crippen LogP contribution is -2.45. The zero-order valence-corrected chi connectivity index (χ0v) is 18.7. The number of fused-ring (bicyclic) bond motifs is 3. The van der Waals surface area contributed by atoms with Crippen molar-refractivity contribution in [2.24, 2.45) is 18.7 Å². The number of carbonyl (C=O) groups excluding carboxylic acids is 1. The molecule has 0 saturated heterocycles. The van der Waals surface area contributed by atoms with Crippen molar-refractivity contribution >= 4 is 27.8 Å². The van der Waals surface area contributed by atoms with Gasteiger partial charge in [0.2, 0.25) is 0 Å². The maximum Gasteiger partial charge on any atom is 0.254 e. The fourth-order valence-electron chi connectivity index (χ4n) is 4.99. The van der Waals surface area contributed by atoms with Crippen LogP contribution in [0.3, 0.4) is 0 Å². The number of nitrogens with zero attached hydrogens (tertiary/aromatic N) is 5. The van der Waals surface area contributed by atoms with Gasteiger partial charge in [0.1, 0.15) is 6.67 Å². The summed E-state index contributed by atoms with van der Waals surface area (Å²) in [6.07, 6.45) is 7.00. The highest BCUT2D eigenvalue weighted by Gasteiger charge is 2.28. The molecule has 0 radical (unpaired) electrons. The number of amides is 1. The third-order valence-corrected chi connectivity index (χ3v) is 7.00. The normalized spacial score (nSPS) is 17.2. The quantitative estimate of drug-likeness (QED) is 0.493. The molecule has 4 heterocycles. The van der Waals surface area contributed by atoms with Crippen LogP contribution in [0.1, 0.15) is 28.8 Å². The maximum atomic E-state index is 13.1. The SMILES string of the molecule is Cn1c(-c2cc3ccncc3n2CC2CC2)nc2cc3c(cc21)CCN(C[C@H](N)CF)C3=O. The van der Waals surface area contributed by atoms with Crippen LogP contribution in [-0.4, -0.2) is 55.7 Å². The first kappa shape index (κ1) is 20.4. The number of imidazole rings is 1. The van der Waals surface area contributed by atoms with Gasteiger partial charge < -0.3 is 19.8 Å². The maximum absolute atomic E-state index is 13.1. The largest absolute Gasteiger partial charge is 0.337 e. The summed E-state index contributed by atoms with van der Waals surface area (Å²) in [5.74, 6) is 1.50. The summed E-state index contributed by atoms with van der Waals surface area (Å²) in [6.45, 7) is 1.12. The Kier molecular flexibility index (Phi) is 4.72. The number of nitrogens with two attached hydrogens (primary N) is 1. The Labute approximate surface area is 191 Å². The Morgan fingerprint density at radius 2 is 2.09 bits per heavy atom. The average molecular weight is 447 g/mol. The van der Waals surface area contributed by atoms with Gasteiger partial charge in [0, 0.05) is 43.8 Å². The molecular formula is C25H27FN6O. The second-order valence-corrected chi connectivity index (χ2v) is 9.43. The van der Waals surface area contributed by atoms with Crippen molar-refractivity contribution in [1.82, 2.24) is 24.0 Å². The molecule has 4 aromatic rings. The van der Waals surface area contributed by atoms with Crippen molar-refractivity contribution < 1.29 is 9.18 Å². The van der Waals surface area contributed by atoms with E-state index in [0.717, 1.165) is 52.0 Å². The Morgan fingerprint density at radius 3 is 2.88 bits per heavy atom. The minimum Gasteiger partial charge on any atom is -0.337 e. The van der Waals surface area contributed by atoms with Crippen molar-refractivity contribution in [3.8, 4) is 11.5 Å². The molecule has 1 atom stereocenters. The Morgan fingerprint density at radius 1 is 1.24 bits per heavy atom. The van der Waals surface area contributed by atoms with E-state index in [0.29, 0.717) is 18.0 Å². The summed E-state index contributed by atoms with van der Waals surface area (Å²) in [7, 11) is 2.03. The number of halogens is 1. The lowest BCUT2D eigenvalue weighted by Gasteiger charge is -2.30. The van der Waals surface area contributed by atoms with E-state index in [9.17, 15) is 9.18 Å². The highest BCUT2D eigenvalue weighted by molar-refractivity contribution is 6.00. The van der Waals surface area contributed by atoms with Gasteiger partial charge in [-0.15, -0.1) is 0 Å². The zero-order valence-electron chi connectivity index (χ0n) is 18.7. The summed E-state index contributed by atoms with van der Waals surface area (Å²) in [6, 6.07) is 7.55. The molecule has 1 aliphatic heterocycles. The number of aryl methyl sites for hydroxylation is 1. The molecule has 3 aromatic heterocycles. The fraction of sp³-hybridized carbons (Fsp3) is 0.400. The second kappa shape index (κ2) is 7.66. The van der Waals surface area contributed by atoms with E-state index in [4.69, 9.17) is 10.7 Å². The smallest absolute Gasteiger partial charge is 0.254 e. The van der Waals surface area contributed by atoms with Crippen LogP contribution in [-0.2, 0) is 20.0 Å². The molecule has 1 aromatic carbocycles. The van der Waals surface area contributed by atoms with Gasteiger partial charge in [0.05, 0.1) is 34.5 Å². The number of benzene rings is 1. The first-order valence-electron chi connectivity index (χ1n) is 11.6. The van der Waals surface area contributed by atoms with Gasteiger partial charge in [-0.3, -0.25) is 9.78 Å². The highest BCUT2D eigenvalue weighted by atomic mass is 19.1. The minimum atomic E-state index is -0.649. The zero-order chi connectivity index (χ0) is 22.7. The number of hydrogen-bond donors (Lipinski definition) is 1. The Hall–Kier alpha value is -3.26. The fourth-order valence-corrected chi connectivity index (χ4v) is 4.99. The summed E-state index contributed by atoms with van der Waals surface area (Å²) in [5, 5.41) is 1.15. The molecule has 8 heteroatoms. The molecule has 33 heavy (non-hydrogen) atoms. The molecule has 6 rings (SSSR count). The van der Waals surface area contributed by atoms with Gasteiger partial charge in [-0.1, -0.05) is 0 Å². The Balaban J connectivity index is 1.45. The summed E-state index contributed by atoms with van der Waals surface area (Å²) in [5.41, 5.74) is 11.4. The molecule has 7 nitrogen and oxygen atoms in total. The lowest BCUT2D eigenvalue weighted by molar-refractivity contribution is 0.0725. The minimum absolute atomic E-state index is 0.0943. The van der Waals surface area contributed by atoms with Gasteiger partial charge >= 0.3 is 0 Å². The predicted molar refractivity (Wildman–Crippen MR) is 126 cm³/mol. The molecular weight excluding hydrogens is 419 g/mol. The third kappa shape index (κ3) is 3.40. The molecule has 1 amide bonds. The van der Waals surface area contributed by atoms with Crippen LogP contribution in [0.2, 0.25) is 0 Å². The van der Waals surface area contributed by atoms with Crippen molar-refractivity contribution in [3.63, 3.8) is 0 Å². The molecule has 1 saturated carbocycles. The van der Waals surface area contributed by atoms with Crippen molar-refractivity contribution in [1.29, 1.82) is 0 Å². The topological polar surface area (TPSA) is 82.0 Å². The summed E-state index contributed by atoms with van der Waals surface area (Å²) >= 11 is 0. The first-order valence-corrected chi connectivity index (χ1v) is 11.6. The summed E-state index contributed by atoms with van der Waals surface area (Å²) in [4.78, 5) is 24.1. The van der Waals surface area contributed by atoms with Crippen LogP contribution in [0.15, 0.2) is 36.7 Å². The van der Waals surface area contributed by atoms with Crippen LogP contribution < -0.4 is 5.73 Å². The summed E-state index contributed by atoms with van der Waals surface area (Å²) < 4.78 is 17.4. The molecule has 0 spiro atoms. The van der Waals surface area contributed by atoms with E-state index in [-0.39, 0.29) is 12.5 Å². The molecule has 170 valence electrons. The number of aromatic nitrogens is 4. The van der Waals surface area contributed by atoms with Gasteiger partial charge in [0.25, 0.3) is 5.91 Å².